The Hall–Kier alpha value is -2.89. The number of rotatable bonds is 1. The molecule has 5 rings (SSSR count). The predicted molar refractivity (Wildman–Crippen MR) is 101 cm³/mol. The number of likely N-dealkylation sites (tertiary alicyclic amines) is 1. The molecule has 1 aromatic heterocycles. The summed E-state index contributed by atoms with van der Waals surface area (Å²) in [4.78, 5) is 18.2. The molecule has 0 unspecified atom stereocenters. The largest absolute Gasteiger partial charge is 0.466 e. The lowest BCUT2D eigenvalue weighted by Crippen LogP contribution is -2.59. The molecule has 6 nitrogen and oxygen atoms in total. The van der Waals surface area contributed by atoms with E-state index in [9.17, 15) is 4.79 Å². The summed E-state index contributed by atoms with van der Waals surface area (Å²) in [6.07, 6.45) is 4.11. The Kier molecular flexibility index (Phi) is 3.67. The van der Waals surface area contributed by atoms with Gasteiger partial charge in [0.2, 0.25) is 11.6 Å². The third kappa shape index (κ3) is 2.59. The van der Waals surface area contributed by atoms with E-state index >= 15 is 0 Å². The van der Waals surface area contributed by atoms with Crippen molar-refractivity contribution < 1.29 is 9.53 Å². The average Bonchev–Trinajstić information content (AvgIpc) is 3.16. The molecule has 138 valence electrons. The molecule has 27 heavy (non-hydrogen) atoms. The molecule has 0 radical (unpaired) electrons. The van der Waals surface area contributed by atoms with E-state index in [1.54, 1.807) is 13.1 Å². The Balaban J connectivity index is 1.54. The van der Waals surface area contributed by atoms with Crippen molar-refractivity contribution in [3.63, 3.8) is 0 Å². The van der Waals surface area contributed by atoms with E-state index in [1.165, 1.54) is 5.56 Å². The molecule has 4 heterocycles. The topological polar surface area (TPSA) is 58.0 Å². The highest BCUT2D eigenvalue weighted by molar-refractivity contribution is 6.00. The molecular formula is C21H22N4O2. The van der Waals surface area contributed by atoms with Crippen molar-refractivity contribution in [2.75, 3.05) is 13.1 Å². The zero-order valence-corrected chi connectivity index (χ0v) is 15.3. The van der Waals surface area contributed by atoms with Crippen LogP contribution in [0.4, 0.5) is 0 Å². The van der Waals surface area contributed by atoms with E-state index in [0.29, 0.717) is 13.1 Å². The van der Waals surface area contributed by atoms with Gasteiger partial charge >= 0.3 is 0 Å². The Morgan fingerprint density at radius 1 is 1.15 bits per heavy atom. The van der Waals surface area contributed by atoms with Gasteiger partial charge in [-0.15, -0.1) is 0 Å². The summed E-state index contributed by atoms with van der Waals surface area (Å²) in [5.74, 6) is 1.06. The van der Waals surface area contributed by atoms with Crippen LogP contribution in [0.25, 0.3) is 0 Å². The van der Waals surface area contributed by atoms with Crippen molar-refractivity contribution in [2.24, 2.45) is 5.10 Å². The van der Waals surface area contributed by atoms with Gasteiger partial charge in [-0.1, -0.05) is 24.3 Å². The minimum absolute atomic E-state index is 0.122. The number of amides is 1. The maximum Gasteiger partial charge on any atom is 0.219 e. The van der Waals surface area contributed by atoms with Gasteiger partial charge in [0.05, 0.1) is 17.4 Å². The van der Waals surface area contributed by atoms with Gasteiger partial charge in [-0.05, 0) is 18.2 Å². The van der Waals surface area contributed by atoms with Crippen LogP contribution in [-0.2, 0) is 4.79 Å². The second-order valence-electron chi connectivity index (χ2n) is 7.42. The molecule has 1 saturated heterocycles. The maximum atomic E-state index is 11.8. The van der Waals surface area contributed by atoms with Gasteiger partial charge < -0.3 is 9.64 Å². The zero-order chi connectivity index (χ0) is 18.4. The van der Waals surface area contributed by atoms with Crippen molar-refractivity contribution >= 4 is 11.6 Å². The van der Waals surface area contributed by atoms with E-state index in [1.807, 2.05) is 35.2 Å². The summed E-state index contributed by atoms with van der Waals surface area (Å²) >= 11 is 0. The van der Waals surface area contributed by atoms with E-state index in [2.05, 4.69) is 22.1 Å². The van der Waals surface area contributed by atoms with E-state index in [-0.39, 0.29) is 11.9 Å². The molecule has 1 aromatic carbocycles. The fourth-order valence-electron chi connectivity index (χ4n) is 4.42. The van der Waals surface area contributed by atoms with Crippen molar-refractivity contribution in [2.45, 2.75) is 38.0 Å². The highest BCUT2D eigenvalue weighted by atomic mass is 16.5. The summed E-state index contributed by atoms with van der Waals surface area (Å²) in [5.41, 5.74) is 2.59. The molecule has 1 spiro atoms. The van der Waals surface area contributed by atoms with Crippen LogP contribution in [0.2, 0.25) is 0 Å². The van der Waals surface area contributed by atoms with Crippen molar-refractivity contribution in [3.8, 4) is 5.75 Å². The van der Waals surface area contributed by atoms with Gasteiger partial charge in [0, 0.05) is 51.0 Å². The minimum atomic E-state index is -0.499. The lowest BCUT2D eigenvalue weighted by atomic mass is 9.91. The number of aromatic nitrogens is 1. The molecule has 0 N–H and O–H groups in total. The third-order valence-corrected chi connectivity index (χ3v) is 5.86. The quantitative estimate of drug-likeness (QED) is 0.783. The molecule has 0 bridgehead atoms. The highest BCUT2D eigenvalue weighted by Crippen LogP contribution is 2.49. The SMILES string of the molecule is CC(=O)N1CCC2(CC1)Oc1ccccc1[C@@H]1CC(c3ccccn3)=NN12. The molecule has 6 heteroatoms. The highest BCUT2D eigenvalue weighted by Gasteiger charge is 2.52. The number of nitrogens with zero attached hydrogens (tertiary/aromatic N) is 4. The first kappa shape index (κ1) is 16.3. The minimum Gasteiger partial charge on any atom is -0.466 e. The molecule has 1 amide bonds. The molecule has 2 aromatic rings. The predicted octanol–water partition coefficient (Wildman–Crippen LogP) is 2.96. The number of benzene rings is 1. The van der Waals surface area contributed by atoms with Gasteiger partial charge in [0.25, 0.3) is 0 Å². The van der Waals surface area contributed by atoms with Gasteiger partial charge in [0.1, 0.15) is 5.75 Å². The normalized spacial score (nSPS) is 22.7. The Morgan fingerprint density at radius 2 is 1.93 bits per heavy atom. The first-order chi connectivity index (χ1) is 13.2. The molecular weight excluding hydrogens is 340 g/mol. The second-order valence-corrected chi connectivity index (χ2v) is 7.42. The number of ether oxygens (including phenoxy) is 1. The first-order valence-electron chi connectivity index (χ1n) is 9.48. The Labute approximate surface area is 158 Å². The molecule has 0 saturated carbocycles. The summed E-state index contributed by atoms with van der Waals surface area (Å²) < 4.78 is 6.55. The monoisotopic (exact) mass is 362 g/mol. The fourth-order valence-corrected chi connectivity index (χ4v) is 4.42. The number of hydrogen-bond donors (Lipinski definition) is 0. The van der Waals surface area contributed by atoms with Crippen molar-refractivity contribution in [1.82, 2.24) is 14.9 Å². The molecule has 3 aliphatic heterocycles. The zero-order valence-electron chi connectivity index (χ0n) is 15.3. The molecule has 1 fully saturated rings. The van der Waals surface area contributed by atoms with Gasteiger partial charge in [-0.3, -0.25) is 9.78 Å². The number of para-hydroxylation sites is 1. The van der Waals surface area contributed by atoms with Crippen LogP contribution in [0, 0.1) is 0 Å². The second kappa shape index (κ2) is 6.08. The number of piperidine rings is 1. The summed E-state index contributed by atoms with van der Waals surface area (Å²) in [6.45, 7) is 3.01. The van der Waals surface area contributed by atoms with Gasteiger partial charge in [0.15, 0.2) is 0 Å². The van der Waals surface area contributed by atoms with Crippen LogP contribution in [-0.4, -0.2) is 45.3 Å². The van der Waals surface area contributed by atoms with E-state index < -0.39 is 5.72 Å². The number of hydrogen-bond acceptors (Lipinski definition) is 5. The number of pyridine rings is 1. The van der Waals surface area contributed by atoms with Crippen LogP contribution in [0.1, 0.15) is 43.5 Å². The van der Waals surface area contributed by atoms with Crippen molar-refractivity contribution in [1.29, 1.82) is 0 Å². The number of hydrazone groups is 1. The van der Waals surface area contributed by atoms with Gasteiger partial charge in [-0.25, -0.2) is 5.01 Å². The molecule has 1 atom stereocenters. The number of carbonyl (C=O) groups is 1. The third-order valence-electron chi connectivity index (χ3n) is 5.86. The van der Waals surface area contributed by atoms with Crippen LogP contribution >= 0.6 is 0 Å². The lowest BCUT2D eigenvalue weighted by molar-refractivity contribution is -0.158. The lowest BCUT2D eigenvalue weighted by Gasteiger charge is -2.51. The fraction of sp³-hybridized carbons (Fsp3) is 0.381. The Morgan fingerprint density at radius 3 is 2.67 bits per heavy atom. The van der Waals surface area contributed by atoms with Gasteiger partial charge in [-0.2, -0.15) is 5.10 Å². The molecule has 3 aliphatic rings. The summed E-state index contributed by atoms with van der Waals surface area (Å²) in [7, 11) is 0. The van der Waals surface area contributed by atoms with E-state index in [4.69, 9.17) is 9.84 Å². The maximum absolute atomic E-state index is 11.8. The Bertz CT molecular complexity index is 903. The van der Waals surface area contributed by atoms with E-state index in [0.717, 1.165) is 36.4 Å². The number of fused-ring (bicyclic) bond motifs is 4. The number of carbonyl (C=O) groups excluding carboxylic acids is 1. The summed E-state index contributed by atoms with van der Waals surface area (Å²) in [6, 6.07) is 14.3. The molecule has 0 aliphatic carbocycles. The van der Waals surface area contributed by atoms with Crippen molar-refractivity contribution in [3.05, 3.63) is 59.9 Å². The standard InChI is InChI=1S/C21H22N4O2/c1-15(26)24-12-9-21(10-13-24)25-19(16-6-2-3-8-20(16)27-21)14-18(23-25)17-7-4-5-11-22-17/h2-8,11,19H,9-10,12-14H2,1H3/t19-/m0/s1. The smallest absolute Gasteiger partial charge is 0.219 e. The van der Waals surface area contributed by atoms with Crippen LogP contribution in [0.15, 0.2) is 53.8 Å². The van der Waals surface area contributed by atoms with Crippen LogP contribution < -0.4 is 4.74 Å². The first-order valence-corrected chi connectivity index (χ1v) is 9.48. The average molecular weight is 362 g/mol. The summed E-state index contributed by atoms with van der Waals surface area (Å²) in [5, 5.41) is 7.13. The van der Waals surface area contributed by atoms with Crippen LogP contribution in [0.3, 0.4) is 0 Å². The van der Waals surface area contributed by atoms with Crippen LogP contribution in [0.5, 0.6) is 5.75 Å².